The largest absolute Gasteiger partial charge is 0.490 e. The van der Waals surface area contributed by atoms with E-state index in [1.807, 2.05) is 32.2 Å². The number of carbonyl (C=O) groups is 1. The molecule has 1 amide bonds. The van der Waals surface area contributed by atoms with E-state index in [1.165, 1.54) is 11.1 Å². The van der Waals surface area contributed by atoms with Gasteiger partial charge in [0.2, 0.25) is 10.0 Å². The minimum absolute atomic E-state index is 0.213. The summed E-state index contributed by atoms with van der Waals surface area (Å²) in [4.78, 5) is 18.7. The van der Waals surface area contributed by atoms with E-state index in [0.717, 1.165) is 107 Å². The number of methoxy groups -OCH3 is 1. The number of likely N-dealkylation sites (tertiary alicyclic amines) is 1. The molecule has 282 valence electrons. The molecule has 11 heteroatoms. The Labute approximate surface area is 314 Å². The zero-order valence-corrected chi connectivity index (χ0v) is 32.4. The topological polar surface area (TPSA) is 97.4 Å². The van der Waals surface area contributed by atoms with Crippen molar-refractivity contribution in [2.75, 3.05) is 64.6 Å². The predicted octanol–water partition coefficient (Wildman–Crippen LogP) is 6.38. The van der Waals surface area contributed by atoms with Crippen molar-refractivity contribution < 1.29 is 27.4 Å². The van der Waals surface area contributed by atoms with E-state index >= 15 is 0 Å². The maximum absolute atomic E-state index is 13.6. The molecule has 2 aliphatic carbocycles. The molecule has 9 nitrogen and oxygen atoms in total. The van der Waals surface area contributed by atoms with Crippen LogP contribution in [0.2, 0.25) is 5.02 Å². The second-order valence-corrected chi connectivity index (χ2v) is 19.4. The maximum atomic E-state index is 13.6. The van der Waals surface area contributed by atoms with Crippen molar-refractivity contribution >= 4 is 33.2 Å². The van der Waals surface area contributed by atoms with Crippen LogP contribution in [0.25, 0.3) is 0 Å². The normalized spacial score (nSPS) is 34.8. The van der Waals surface area contributed by atoms with E-state index < -0.39 is 26.8 Å². The minimum Gasteiger partial charge on any atom is -0.490 e. The minimum atomic E-state index is -3.95. The van der Waals surface area contributed by atoms with Gasteiger partial charge < -0.3 is 24.0 Å². The number of piperidine rings is 1. The molecule has 6 aliphatic rings. The Balaban J connectivity index is 1.18. The lowest BCUT2D eigenvalue weighted by Gasteiger charge is -2.53. The van der Waals surface area contributed by atoms with Crippen LogP contribution < -0.4 is 14.4 Å². The number of aryl methyl sites for hydroxylation is 1. The summed E-state index contributed by atoms with van der Waals surface area (Å²) in [5.41, 5.74) is 3.28. The average Bonchev–Trinajstić information content (AvgIpc) is 3.25. The number of fused-ring (bicyclic) bond motifs is 4. The molecule has 52 heavy (non-hydrogen) atoms. The SMILES string of the molecule is CO[C@@]1(CN2CCC3(CC2)COC3)/C=C/C[C@H](C)[C@@H](C)S(=O)(=O)NC(=O)c2ccc3c(c2)N(C[C@@H]2CC[C@H]21)C[C@@]1(CCCc2cc(Cl)ccc21)CO3. The predicted molar refractivity (Wildman–Crippen MR) is 204 cm³/mol. The van der Waals surface area contributed by atoms with Gasteiger partial charge in [-0.2, -0.15) is 0 Å². The van der Waals surface area contributed by atoms with Crippen LogP contribution in [0.5, 0.6) is 5.75 Å². The van der Waals surface area contributed by atoms with Gasteiger partial charge in [-0.3, -0.25) is 4.79 Å². The van der Waals surface area contributed by atoms with Crippen molar-refractivity contribution in [2.45, 2.75) is 81.5 Å². The van der Waals surface area contributed by atoms with Crippen molar-refractivity contribution in [2.24, 2.45) is 23.2 Å². The van der Waals surface area contributed by atoms with E-state index in [1.54, 1.807) is 13.0 Å². The van der Waals surface area contributed by atoms with Gasteiger partial charge in [-0.1, -0.05) is 36.7 Å². The number of hydrogen-bond donors (Lipinski definition) is 1. The first-order valence-corrected chi connectivity index (χ1v) is 21.3. The molecule has 2 bridgehead atoms. The molecule has 2 aromatic rings. The Hall–Kier alpha value is -2.63. The highest BCUT2D eigenvalue weighted by atomic mass is 35.5. The number of ether oxygens (including phenoxy) is 3. The van der Waals surface area contributed by atoms with Crippen molar-refractivity contribution in [1.82, 2.24) is 9.62 Å². The fourth-order valence-electron chi connectivity index (χ4n) is 10.0. The first-order chi connectivity index (χ1) is 24.9. The number of nitrogens with one attached hydrogen (secondary N) is 1. The molecule has 2 aromatic carbocycles. The standard InChI is InChI=1S/C41H54ClN3O6S/c1-28-6-4-15-41(49-3,24-44-18-16-39(17-19-44)25-50-26-39)35-11-8-32(35)22-45-23-40(14-5-7-30-20-33(42)10-12-34(30)40)27-51-37-13-9-31(21-36(37)45)38(46)43-52(47,48)29(28)2/h4,9-10,12-13,15,20-21,28-29,32,35H,5-8,11,14,16-19,22-27H2,1-3H3,(H,43,46)/b15-4+/t28-,29+,32-,35+,40-,41+/m0/s1. The summed E-state index contributed by atoms with van der Waals surface area (Å²) in [7, 11) is -2.09. The van der Waals surface area contributed by atoms with Crippen molar-refractivity contribution in [3.8, 4) is 5.75 Å². The lowest BCUT2D eigenvalue weighted by molar-refractivity contribution is -0.149. The van der Waals surface area contributed by atoms with Crippen LogP contribution in [0, 0.1) is 23.2 Å². The Morgan fingerprint density at radius 1 is 1.04 bits per heavy atom. The van der Waals surface area contributed by atoms with Crippen LogP contribution in [0.3, 0.4) is 0 Å². The third-order valence-corrected chi connectivity index (χ3v) is 16.0. The average molecular weight is 752 g/mol. The van der Waals surface area contributed by atoms with E-state index in [0.29, 0.717) is 29.9 Å². The summed E-state index contributed by atoms with van der Waals surface area (Å²) in [5.74, 6) is 0.511. The number of anilines is 1. The van der Waals surface area contributed by atoms with Crippen LogP contribution >= 0.6 is 11.6 Å². The van der Waals surface area contributed by atoms with Gasteiger partial charge in [-0.15, -0.1) is 0 Å². The molecule has 3 fully saturated rings. The summed E-state index contributed by atoms with van der Waals surface area (Å²) in [6.07, 6.45) is 12.4. The molecule has 2 saturated heterocycles. The monoisotopic (exact) mass is 751 g/mol. The first kappa shape index (κ1) is 36.4. The molecule has 4 aliphatic heterocycles. The van der Waals surface area contributed by atoms with Gasteiger partial charge in [-0.05, 0) is 131 Å². The summed E-state index contributed by atoms with van der Waals surface area (Å²) < 4.78 is 48.6. The summed E-state index contributed by atoms with van der Waals surface area (Å²) >= 11 is 6.50. The van der Waals surface area contributed by atoms with E-state index in [-0.39, 0.29) is 17.3 Å². The number of nitrogens with zero attached hydrogens (tertiary/aromatic N) is 2. The number of benzene rings is 2. The molecule has 0 aromatic heterocycles. The van der Waals surface area contributed by atoms with Crippen LogP contribution in [0.1, 0.15) is 80.3 Å². The third kappa shape index (κ3) is 6.58. The third-order valence-electron chi connectivity index (χ3n) is 13.8. The smallest absolute Gasteiger partial charge is 0.264 e. The molecule has 1 saturated carbocycles. The Bertz CT molecular complexity index is 1820. The van der Waals surface area contributed by atoms with Crippen molar-refractivity contribution in [3.63, 3.8) is 0 Å². The zero-order chi connectivity index (χ0) is 36.3. The fraction of sp³-hybridized carbons (Fsp3) is 0.634. The van der Waals surface area contributed by atoms with Crippen molar-refractivity contribution in [3.05, 3.63) is 70.3 Å². The number of rotatable bonds is 3. The van der Waals surface area contributed by atoms with E-state index in [4.69, 9.17) is 25.8 Å². The van der Waals surface area contributed by atoms with Gasteiger partial charge >= 0.3 is 0 Å². The summed E-state index contributed by atoms with van der Waals surface area (Å²) in [5, 5.41) is -0.0232. The van der Waals surface area contributed by atoms with Gasteiger partial charge in [0.25, 0.3) is 5.91 Å². The second-order valence-electron chi connectivity index (χ2n) is 17.0. The van der Waals surface area contributed by atoms with Gasteiger partial charge in [0, 0.05) is 48.2 Å². The van der Waals surface area contributed by atoms with Gasteiger partial charge in [-0.25, -0.2) is 13.1 Å². The fourth-order valence-corrected chi connectivity index (χ4v) is 11.5. The van der Waals surface area contributed by atoms with E-state index in [2.05, 4.69) is 38.8 Å². The molecule has 6 atom stereocenters. The molecule has 0 unspecified atom stereocenters. The molecule has 2 spiro atoms. The molecular weight excluding hydrogens is 698 g/mol. The Morgan fingerprint density at radius 3 is 2.56 bits per heavy atom. The highest BCUT2D eigenvalue weighted by Crippen LogP contribution is 2.50. The number of sulfonamides is 1. The lowest BCUT2D eigenvalue weighted by Crippen LogP contribution is -2.59. The number of amides is 1. The molecule has 4 heterocycles. The molecule has 1 N–H and O–H groups in total. The number of halogens is 1. The van der Waals surface area contributed by atoms with Gasteiger partial charge in [0.15, 0.2) is 0 Å². The number of hydrogen-bond acceptors (Lipinski definition) is 8. The molecular formula is C41H54ClN3O6S. The number of allylic oxidation sites excluding steroid dienone is 1. The van der Waals surface area contributed by atoms with Crippen LogP contribution in [0.4, 0.5) is 5.69 Å². The molecule has 8 rings (SSSR count). The van der Waals surface area contributed by atoms with Crippen LogP contribution in [0.15, 0.2) is 48.6 Å². The highest BCUT2D eigenvalue weighted by molar-refractivity contribution is 7.90. The Morgan fingerprint density at radius 2 is 1.85 bits per heavy atom. The van der Waals surface area contributed by atoms with Crippen molar-refractivity contribution in [1.29, 1.82) is 0 Å². The van der Waals surface area contributed by atoms with Gasteiger partial charge in [0.05, 0.1) is 30.8 Å². The molecule has 0 radical (unpaired) electrons. The summed E-state index contributed by atoms with van der Waals surface area (Å²) in [6, 6.07) is 11.7. The summed E-state index contributed by atoms with van der Waals surface area (Å²) in [6.45, 7) is 10.3. The van der Waals surface area contributed by atoms with E-state index in [9.17, 15) is 13.2 Å². The van der Waals surface area contributed by atoms with Crippen LogP contribution in [-0.2, 0) is 31.3 Å². The quantitative estimate of drug-likeness (QED) is 0.361. The first-order valence-electron chi connectivity index (χ1n) is 19.3. The zero-order valence-electron chi connectivity index (χ0n) is 30.9. The lowest BCUT2D eigenvalue weighted by atomic mass is 9.63. The van der Waals surface area contributed by atoms with Gasteiger partial charge in [0.1, 0.15) is 11.4 Å². The number of carbonyl (C=O) groups excluding carboxylic acids is 1. The maximum Gasteiger partial charge on any atom is 0.264 e. The highest BCUT2D eigenvalue weighted by Gasteiger charge is 2.51. The van der Waals surface area contributed by atoms with Crippen LogP contribution in [-0.4, -0.2) is 89.7 Å². The Kier molecular flexibility index (Phi) is 9.72. The second kappa shape index (κ2) is 13.9.